The molecule has 1 saturated heterocycles. The largest absolute Gasteiger partial charge is 0.324 e. The van der Waals surface area contributed by atoms with E-state index >= 15 is 0 Å². The third-order valence-electron chi connectivity index (χ3n) is 5.18. The molecule has 1 fully saturated rings. The monoisotopic (exact) mass is 471 g/mol. The maximum absolute atomic E-state index is 12.7. The maximum atomic E-state index is 12.7. The molecular formula is C20H18BrN5O2S. The molecule has 1 aliphatic rings. The van der Waals surface area contributed by atoms with Crippen molar-refractivity contribution >= 4 is 60.1 Å². The van der Waals surface area contributed by atoms with Crippen LogP contribution in [0.15, 0.2) is 45.7 Å². The van der Waals surface area contributed by atoms with Gasteiger partial charge in [-0.2, -0.15) is 0 Å². The Bertz CT molecular complexity index is 1240. The van der Waals surface area contributed by atoms with Gasteiger partial charge in [-0.15, -0.1) is 11.3 Å². The summed E-state index contributed by atoms with van der Waals surface area (Å²) in [5.41, 5.74) is 2.72. The summed E-state index contributed by atoms with van der Waals surface area (Å²) in [6.07, 6.45) is 2.06. The van der Waals surface area contributed by atoms with Crippen LogP contribution in [0.3, 0.4) is 0 Å². The molecule has 148 valence electrons. The molecule has 5 rings (SSSR count). The molecular weight excluding hydrogens is 454 g/mol. The van der Waals surface area contributed by atoms with Crippen molar-refractivity contribution in [2.75, 3.05) is 18.4 Å². The first kappa shape index (κ1) is 18.5. The second kappa shape index (κ2) is 7.40. The molecule has 2 aromatic carbocycles. The quantitative estimate of drug-likeness (QED) is 0.419. The van der Waals surface area contributed by atoms with Crippen molar-refractivity contribution in [2.45, 2.75) is 18.9 Å². The summed E-state index contributed by atoms with van der Waals surface area (Å²) in [5, 5.41) is 4.03. The van der Waals surface area contributed by atoms with Gasteiger partial charge < -0.3 is 15.3 Å². The van der Waals surface area contributed by atoms with Gasteiger partial charge in [0.25, 0.3) is 0 Å². The van der Waals surface area contributed by atoms with E-state index < -0.39 is 0 Å². The molecule has 0 radical (unpaired) electrons. The summed E-state index contributed by atoms with van der Waals surface area (Å²) in [7, 11) is 0. The van der Waals surface area contributed by atoms with Gasteiger partial charge in [0, 0.05) is 4.47 Å². The fourth-order valence-corrected chi connectivity index (χ4v) is 5.43. The number of halogens is 1. The Morgan fingerprint density at radius 1 is 1.28 bits per heavy atom. The first-order valence-electron chi connectivity index (χ1n) is 9.38. The van der Waals surface area contributed by atoms with Crippen molar-refractivity contribution in [3.63, 3.8) is 0 Å². The van der Waals surface area contributed by atoms with Gasteiger partial charge in [0.15, 0.2) is 0 Å². The number of imidazole rings is 1. The molecule has 0 bridgehead atoms. The van der Waals surface area contributed by atoms with Gasteiger partial charge in [-0.05, 0) is 59.6 Å². The number of carbonyl (C=O) groups is 1. The number of amides is 1. The number of anilines is 1. The van der Waals surface area contributed by atoms with Gasteiger partial charge in [0.1, 0.15) is 5.01 Å². The van der Waals surface area contributed by atoms with E-state index in [4.69, 9.17) is 4.98 Å². The van der Waals surface area contributed by atoms with Crippen molar-refractivity contribution in [2.24, 2.45) is 0 Å². The number of nitrogens with one attached hydrogen (secondary N) is 3. The summed E-state index contributed by atoms with van der Waals surface area (Å²) in [6.45, 7) is 1.17. The number of nitrogens with zero attached hydrogens (tertiary/aromatic N) is 2. The number of H-pyrrole nitrogens is 2. The van der Waals surface area contributed by atoms with E-state index in [1.165, 1.54) is 4.70 Å². The Hall–Kier alpha value is -2.49. The molecule has 7 nitrogen and oxygen atoms in total. The first-order valence-corrected chi connectivity index (χ1v) is 11.0. The molecule has 0 saturated carbocycles. The molecule has 4 aromatic rings. The van der Waals surface area contributed by atoms with Crippen LogP contribution in [0.25, 0.3) is 21.3 Å². The van der Waals surface area contributed by atoms with Crippen LogP contribution in [0.5, 0.6) is 0 Å². The van der Waals surface area contributed by atoms with E-state index in [0.29, 0.717) is 23.3 Å². The van der Waals surface area contributed by atoms with E-state index in [1.807, 2.05) is 18.2 Å². The number of rotatable bonds is 4. The second-order valence-corrected chi connectivity index (χ2v) is 9.07. The molecule has 1 amide bonds. The van der Waals surface area contributed by atoms with Gasteiger partial charge >= 0.3 is 5.69 Å². The molecule has 0 unspecified atom stereocenters. The Morgan fingerprint density at radius 3 is 2.90 bits per heavy atom. The fourth-order valence-electron chi connectivity index (χ4n) is 3.85. The zero-order chi connectivity index (χ0) is 20.0. The number of benzene rings is 2. The average molecular weight is 472 g/mol. The van der Waals surface area contributed by atoms with Crippen LogP contribution < -0.4 is 11.0 Å². The van der Waals surface area contributed by atoms with Crippen molar-refractivity contribution < 1.29 is 4.79 Å². The molecule has 2 aromatic heterocycles. The summed E-state index contributed by atoms with van der Waals surface area (Å²) in [5.74, 6) is -0.0871. The third kappa shape index (κ3) is 3.61. The lowest BCUT2D eigenvalue weighted by atomic mass is 10.2. The standard InChI is InChI=1S/C20H18BrN5O2S/c21-11-8-14-15(25-20(28)24-14)9-13(11)22-18(27)10-26-7-3-5-16(26)19-23-12-4-1-2-6-17(12)29-19/h1-2,4,6,8-9,16H,3,5,7,10H2,(H,22,27)(H2,24,25,28)/t16-/m0/s1. The van der Waals surface area contributed by atoms with Gasteiger partial charge in [0.05, 0.1) is 39.5 Å². The highest BCUT2D eigenvalue weighted by Crippen LogP contribution is 2.36. The molecule has 3 N–H and O–H groups in total. The zero-order valence-corrected chi connectivity index (χ0v) is 17.8. The molecule has 0 spiro atoms. The van der Waals surface area contributed by atoms with Crippen LogP contribution in [0.4, 0.5) is 5.69 Å². The number of carbonyl (C=O) groups excluding carboxylic acids is 1. The number of aromatic amines is 2. The fraction of sp³-hybridized carbons (Fsp3) is 0.250. The van der Waals surface area contributed by atoms with Gasteiger partial charge in [-0.25, -0.2) is 9.78 Å². The lowest BCUT2D eigenvalue weighted by molar-refractivity contribution is -0.117. The average Bonchev–Trinajstić information content (AvgIpc) is 3.38. The van der Waals surface area contributed by atoms with Crippen LogP contribution in [0.1, 0.15) is 23.9 Å². The van der Waals surface area contributed by atoms with Crippen LogP contribution in [0.2, 0.25) is 0 Å². The predicted molar refractivity (Wildman–Crippen MR) is 118 cm³/mol. The molecule has 3 heterocycles. The number of fused-ring (bicyclic) bond motifs is 2. The highest BCUT2D eigenvalue weighted by Gasteiger charge is 2.30. The van der Waals surface area contributed by atoms with Crippen molar-refractivity contribution in [1.29, 1.82) is 0 Å². The van der Waals surface area contributed by atoms with Crippen molar-refractivity contribution in [3.05, 3.63) is 56.4 Å². The maximum Gasteiger partial charge on any atom is 0.323 e. The van der Waals surface area contributed by atoms with E-state index in [1.54, 1.807) is 23.5 Å². The summed E-state index contributed by atoms with van der Waals surface area (Å²) < 4.78 is 1.90. The molecule has 1 aliphatic heterocycles. The number of aromatic nitrogens is 3. The van der Waals surface area contributed by atoms with Gasteiger partial charge in [-0.1, -0.05) is 12.1 Å². The van der Waals surface area contributed by atoms with E-state index in [-0.39, 0.29) is 17.6 Å². The number of thiazole rings is 1. The Labute approximate surface area is 178 Å². The molecule has 29 heavy (non-hydrogen) atoms. The highest BCUT2D eigenvalue weighted by atomic mass is 79.9. The third-order valence-corrected chi connectivity index (χ3v) is 6.98. The Kier molecular flexibility index (Phi) is 4.73. The lowest BCUT2D eigenvalue weighted by Crippen LogP contribution is -2.33. The van der Waals surface area contributed by atoms with E-state index in [0.717, 1.165) is 34.4 Å². The summed E-state index contributed by atoms with van der Waals surface area (Å²) in [4.78, 5) is 36.6. The molecule has 9 heteroatoms. The lowest BCUT2D eigenvalue weighted by Gasteiger charge is -2.22. The predicted octanol–water partition coefficient (Wildman–Crippen LogP) is 4.00. The van der Waals surface area contributed by atoms with Crippen LogP contribution in [-0.4, -0.2) is 38.8 Å². The normalized spacial score (nSPS) is 17.3. The summed E-state index contributed by atoms with van der Waals surface area (Å²) in [6, 6.07) is 11.8. The minimum atomic E-state index is -0.272. The molecule has 1 atom stereocenters. The minimum absolute atomic E-state index is 0.0871. The van der Waals surface area contributed by atoms with Crippen molar-refractivity contribution in [3.8, 4) is 0 Å². The minimum Gasteiger partial charge on any atom is -0.324 e. The number of likely N-dealkylation sites (tertiary alicyclic amines) is 1. The Balaban J connectivity index is 1.33. The van der Waals surface area contributed by atoms with Crippen LogP contribution in [-0.2, 0) is 4.79 Å². The number of para-hydroxylation sites is 1. The topological polar surface area (TPSA) is 93.9 Å². The first-order chi connectivity index (χ1) is 14.1. The zero-order valence-electron chi connectivity index (χ0n) is 15.4. The SMILES string of the molecule is O=C(CN1CCC[C@H]1c1nc2ccccc2s1)Nc1cc2[nH]c(=O)[nH]c2cc1Br. The Morgan fingerprint density at radius 2 is 2.07 bits per heavy atom. The van der Waals surface area contributed by atoms with Gasteiger partial charge in [0.2, 0.25) is 5.91 Å². The van der Waals surface area contributed by atoms with Crippen LogP contribution >= 0.6 is 27.3 Å². The summed E-state index contributed by atoms with van der Waals surface area (Å²) >= 11 is 5.17. The van der Waals surface area contributed by atoms with E-state index in [2.05, 4.69) is 42.2 Å². The van der Waals surface area contributed by atoms with Gasteiger partial charge in [-0.3, -0.25) is 9.69 Å². The van der Waals surface area contributed by atoms with E-state index in [9.17, 15) is 9.59 Å². The number of hydrogen-bond donors (Lipinski definition) is 3. The smallest absolute Gasteiger partial charge is 0.323 e. The van der Waals surface area contributed by atoms with Crippen LogP contribution in [0, 0.1) is 0 Å². The van der Waals surface area contributed by atoms with Crippen molar-refractivity contribution in [1.82, 2.24) is 19.9 Å². The molecule has 0 aliphatic carbocycles. The number of hydrogen-bond acceptors (Lipinski definition) is 5. The second-order valence-electron chi connectivity index (χ2n) is 7.15. The highest BCUT2D eigenvalue weighted by molar-refractivity contribution is 9.10.